The van der Waals surface area contributed by atoms with Crippen LogP contribution in [0.5, 0.6) is 0 Å². The quantitative estimate of drug-likeness (QED) is 0.862. The van der Waals surface area contributed by atoms with Crippen LogP contribution >= 0.6 is 0 Å². The van der Waals surface area contributed by atoms with Gasteiger partial charge in [0.15, 0.2) is 0 Å². The van der Waals surface area contributed by atoms with Gasteiger partial charge >= 0.3 is 0 Å². The summed E-state index contributed by atoms with van der Waals surface area (Å²) >= 11 is 0. The van der Waals surface area contributed by atoms with E-state index in [1.807, 2.05) is 0 Å². The summed E-state index contributed by atoms with van der Waals surface area (Å²) in [7, 11) is 0. The molecule has 4 rings (SSSR count). The van der Waals surface area contributed by atoms with E-state index in [1.54, 1.807) is 11.1 Å². The summed E-state index contributed by atoms with van der Waals surface area (Å²) in [5.74, 6) is 0.790. The standard InChI is InChI=1S/C16H22N2/c17-13-8-14-5-6-15(9-13)18(14)10-12-7-11-3-1-2-4-16(11)12/h1-4,12-15H,5-10,17H2. The fourth-order valence-corrected chi connectivity index (χ4v) is 4.39. The van der Waals surface area contributed by atoms with Crippen molar-refractivity contribution in [2.24, 2.45) is 5.73 Å². The molecule has 2 N–H and O–H groups in total. The molecule has 2 aliphatic heterocycles. The maximum absolute atomic E-state index is 6.14. The highest BCUT2D eigenvalue weighted by molar-refractivity contribution is 5.40. The molecule has 2 nitrogen and oxygen atoms in total. The Balaban J connectivity index is 1.48. The highest BCUT2D eigenvalue weighted by Gasteiger charge is 2.41. The van der Waals surface area contributed by atoms with Crippen LogP contribution in [-0.4, -0.2) is 29.6 Å². The largest absolute Gasteiger partial charge is 0.328 e. The lowest BCUT2D eigenvalue weighted by atomic mass is 9.77. The van der Waals surface area contributed by atoms with Gasteiger partial charge in [-0.1, -0.05) is 24.3 Å². The third kappa shape index (κ3) is 1.63. The molecular weight excluding hydrogens is 220 g/mol. The Kier molecular flexibility index (Phi) is 2.49. The van der Waals surface area contributed by atoms with E-state index < -0.39 is 0 Å². The molecule has 0 amide bonds. The zero-order valence-electron chi connectivity index (χ0n) is 10.9. The zero-order valence-corrected chi connectivity index (χ0v) is 10.9. The van der Waals surface area contributed by atoms with E-state index in [0.29, 0.717) is 6.04 Å². The van der Waals surface area contributed by atoms with Crippen LogP contribution in [0.2, 0.25) is 0 Å². The number of hydrogen-bond donors (Lipinski definition) is 1. The first-order valence-electron chi connectivity index (χ1n) is 7.40. The van der Waals surface area contributed by atoms with E-state index in [2.05, 4.69) is 29.2 Å². The summed E-state index contributed by atoms with van der Waals surface area (Å²) in [5.41, 5.74) is 9.32. The fraction of sp³-hybridized carbons (Fsp3) is 0.625. The van der Waals surface area contributed by atoms with E-state index >= 15 is 0 Å². The second-order valence-electron chi connectivity index (χ2n) is 6.41. The number of benzene rings is 1. The van der Waals surface area contributed by atoms with Gasteiger partial charge in [-0.2, -0.15) is 0 Å². The van der Waals surface area contributed by atoms with Crippen molar-refractivity contribution in [3.8, 4) is 0 Å². The first-order chi connectivity index (χ1) is 8.81. The molecule has 96 valence electrons. The third-order valence-corrected chi connectivity index (χ3v) is 5.31. The molecule has 2 heterocycles. The van der Waals surface area contributed by atoms with Crippen molar-refractivity contribution in [3.05, 3.63) is 35.4 Å². The van der Waals surface area contributed by atoms with E-state index in [0.717, 1.165) is 18.0 Å². The molecule has 0 spiro atoms. The van der Waals surface area contributed by atoms with E-state index in [9.17, 15) is 0 Å². The normalized spacial score (nSPS) is 38.3. The summed E-state index contributed by atoms with van der Waals surface area (Å²) in [5, 5.41) is 0. The number of nitrogens with two attached hydrogens (primary N) is 1. The number of rotatable bonds is 2. The van der Waals surface area contributed by atoms with Crippen molar-refractivity contribution in [2.75, 3.05) is 6.54 Å². The Hall–Kier alpha value is -0.860. The molecular formula is C16H22N2. The SMILES string of the molecule is NC1CC2CCC(C1)N2CC1Cc2ccccc21. The lowest BCUT2D eigenvalue weighted by Gasteiger charge is -2.42. The van der Waals surface area contributed by atoms with Gasteiger partial charge in [0, 0.05) is 30.6 Å². The minimum atomic E-state index is 0.465. The predicted octanol–water partition coefficient (Wildman–Crippen LogP) is 2.28. The average Bonchev–Trinajstić information content (AvgIpc) is 2.57. The molecule has 2 fully saturated rings. The van der Waals surface area contributed by atoms with E-state index in [4.69, 9.17) is 5.73 Å². The van der Waals surface area contributed by atoms with E-state index in [-0.39, 0.29) is 0 Å². The van der Waals surface area contributed by atoms with Gasteiger partial charge in [-0.05, 0) is 43.2 Å². The van der Waals surface area contributed by atoms with Crippen LogP contribution in [-0.2, 0) is 6.42 Å². The lowest BCUT2D eigenvalue weighted by Crippen LogP contribution is -2.49. The van der Waals surface area contributed by atoms with Crippen LogP contribution < -0.4 is 5.73 Å². The molecule has 3 unspecified atom stereocenters. The van der Waals surface area contributed by atoms with Crippen molar-refractivity contribution in [1.82, 2.24) is 4.90 Å². The Morgan fingerprint density at radius 3 is 2.56 bits per heavy atom. The van der Waals surface area contributed by atoms with Gasteiger partial charge < -0.3 is 5.73 Å². The van der Waals surface area contributed by atoms with Crippen molar-refractivity contribution in [2.45, 2.75) is 56.1 Å². The number of nitrogens with zero attached hydrogens (tertiary/aromatic N) is 1. The van der Waals surface area contributed by atoms with Gasteiger partial charge in [-0.3, -0.25) is 4.90 Å². The van der Waals surface area contributed by atoms with Crippen molar-refractivity contribution in [3.63, 3.8) is 0 Å². The molecule has 0 saturated carbocycles. The van der Waals surface area contributed by atoms with Crippen molar-refractivity contribution in [1.29, 1.82) is 0 Å². The van der Waals surface area contributed by atoms with Gasteiger partial charge in [0.1, 0.15) is 0 Å². The van der Waals surface area contributed by atoms with Gasteiger partial charge in [-0.15, -0.1) is 0 Å². The molecule has 18 heavy (non-hydrogen) atoms. The van der Waals surface area contributed by atoms with Gasteiger partial charge in [0.05, 0.1) is 0 Å². The molecule has 2 saturated heterocycles. The summed E-state index contributed by atoms with van der Waals surface area (Å²) < 4.78 is 0. The Bertz CT molecular complexity index is 442. The molecule has 0 radical (unpaired) electrons. The topological polar surface area (TPSA) is 29.3 Å². The minimum Gasteiger partial charge on any atom is -0.328 e. The van der Waals surface area contributed by atoms with E-state index in [1.165, 1.54) is 38.6 Å². The molecule has 3 atom stereocenters. The Labute approximate surface area is 109 Å². The lowest BCUT2D eigenvalue weighted by molar-refractivity contribution is 0.116. The number of fused-ring (bicyclic) bond motifs is 3. The number of piperidine rings is 1. The van der Waals surface area contributed by atoms with Crippen LogP contribution in [0.25, 0.3) is 0 Å². The Morgan fingerprint density at radius 2 is 1.83 bits per heavy atom. The van der Waals surface area contributed by atoms with Crippen molar-refractivity contribution >= 4 is 0 Å². The molecule has 2 heteroatoms. The highest BCUT2D eigenvalue weighted by atomic mass is 15.2. The van der Waals surface area contributed by atoms with Crippen LogP contribution in [0.15, 0.2) is 24.3 Å². The summed E-state index contributed by atoms with van der Waals surface area (Å²) in [4.78, 5) is 2.78. The minimum absolute atomic E-state index is 0.465. The maximum atomic E-state index is 6.14. The maximum Gasteiger partial charge on any atom is 0.0114 e. The fourth-order valence-electron chi connectivity index (χ4n) is 4.39. The van der Waals surface area contributed by atoms with Crippen LogP contribution in [0, 0.1) is 0 Å². The molecule has 3 aliphatic rings. The van der Waals surface area contributed by atoms with Gasteiger partial charge in [-0.25, -0.2) is 0 Å². The van der Waals surface area contributed by atoms with Crippen LogP contribution in [0.4, 0.5) is 0 Å². The number of hydrogen-bond acceptors (Lipinski definition) is 2. The van der Waals surface area contributed by atoms with Crippen LogP contribution in [0.1, 0.15) is 42.7 Å². The summed E-state index contributed by atoms with van der Waals surface area (Å²) in [6.45, 7) is 1.28. The second-order valence-corrected chi connectivity index (χ2v) is 6.41. The smallest absolute Gasteiger partial charge is 0.0114 e. The van der Waals surface area contributed by atoms with Crippen molar-refractivity contribution < 1.29 is 0 Å². The molecule has 1 aliphatic carbocycles. The molecule has 2 bridgehead atoms. The van der Waals surface area contributed by atoms with Gasteiger partial charge in [0.2, 0.25) is 0 Å². The Morgan fingerprint density at radius 1 is 1.11 bits per heavy atom. The van der Waals surface area contributed by atoms with Crippen LogP contribution in [0.3, 0.4) is 0 Å². The summed E-state index contributed by atoms with van der Waals surface area (Å²) in [6, 6.07) is 11.0. The van der Waals surface area contributed by atoms with Gasteiger partial charge in [0.25, 0.3) is 0 Å². The first kappa shape index (κ1) is 11.0. The molecule has 1 aromatic rings. The summed E-state index contributed by atoms with van der Waals surface area (Å²) in [6.07, 6.45) is 6.51. The average molecular weight is 242 g/mol. The highest BCUT2D eigenvalue weighted by Crippen LogP contribution is 2.41. The first-order valence-corrected chi connectivity index (χ1v) is 7.40. The third-order valence-electron chi connectivity index (χ3n) is 5.31. The molecule has 0 aromatic heterocycles. The molecule has 1 aromatic carbocycles. The second kappa shape index (κ2) is 4.07. The monoisotopic (exact) mass is 242 g/mol. The predicted molar refractivity (Wildman–Crippen MR) is 73.6 cm³/mol. The zero-order chi connectivity index (χ0) is 12.1.